The van der Waals surface area contributed by atoms with E-state index < -0.39 is 11.9 Å². The highest BCUT2D eigenvalue weighted by atomic mass is 32.1. The van der Waals surface area contributed by atoms with Crippen LogP contribution in [-0.4, -0.2) is 30.9 Å². The van der Waals surface area contributed by atoms with Crippen molar-refractivity contribution in [2.75, 3.05) is 18.5 Å². The molecule has 0 saturated heterocycles. The lowest BCUT2D eigenvalue weighted by Crippen LogP contribution is -2.19. The lowest BCUT2D eigenvalue weighted by Gasteiger charge is -2.15. The van der Waals surface area contributed by atoms with Gasteiger partial charge in [0.2, 0.25) is 0 Å². The van der Waals surface area contributed by atoms with Crippen LogP contribution in [0.1, 0.15) is 56.1 Å². The number of Topliss-reactive ketones (excluding diaryl/α,β-unsaturated/α-hetero) is 1. The predicted molar refractivity (Wildman–Crippen MR) is 98.0 cm³/mol. The predicted octanol–water partition coefficient (Wildman–Crippen LogP) is 3.67. The molecule has 1 aromatic rings. The topological polar surface area (TPSA) is 81.7 Å². The van der Waals surface area contributed by atoms with E-state index in [4.69, 9.17) is 9.47 Å². The highest BCUT2D eigenvalue weighted by Crippen LogP contribution is 2.35. The molecule has 0 amide bonds. The van der Waals surface area contributed by atoms with E-state index in [0.29, 0.717) is 10.6 Å². The molecule has 0 fully saturated rings. The van der Waals surface area contributed by atoms with Crippen molar-refractivity contribution in [2.24, 2.45) is 0 Å². The van der Waals surface area contributed by atoms with Gasteiger partial charge in [-0.3, -0.25) is 4.79 Å². The van der Waals surface area contributed by atoms with Crippen LogP contribution in [0.3, 0.4) is 0 Å². The van der Waals surface area contributed by atoms with E-state index in [1.807, 2.05) is 26.8 Å². The Labute approximate surface area is 152 Å². The average molecular weight is 367 g/mol. The number of carbonyl (C=O) groups is 3. The minimum atomic E-state index is -0.774. The minimum Gasteiger partial charge on any atom is -0.462 e. The summed E-state index contributed by atoms with van der Waals surface area (Å²) in [6.45, 7) is 11.2. The molecule has 138 valence electrons. The van der Waals surface area contributed by atoms with Crippen LogP contribution in [-0.2, 0) is 24.5 Å². The van der Waals surface area contributed by atoms with Gasteiger partial charge in [0.05, 0.1) is 23.8 Å². The van der Waals surface area contributed by atoms with E-state index in [1.165, 1.54) is 24.5 Å². The molecule has 0 aliphatic carbocycles. The number of rotatable bonds is 7. The molecule has 25 heavy (non-hydrogen) atoms. The zero-order valence-electron chi connectivity index (χ0n) is 15.5. The first-order valence-corrected chi connectivity index (χ1v) is 8.89. The minimum absolute atomic E-state index is 0.0924. The van der Waals surface area contributed by atoms with Crippen LogP contribution in [0, 0.1) is 0 Å². The Morgan fingerprint density at radius 1 is 1.12 bits per heavy atom. The fourth-order valence-electron chi connectivity index (χ4n) is 1.90. The van der Waals surface area contributed by atoms with E-state index in [-0.39, 0.29) is 30.0 Å². The van der Waals surface area contributed by atoms with Gasteiger partial charge in [-0.15, -0.1) is 11.3 Å². The van der Waals surface area contributed by atoms with Gasteiger partial charge >= 0.3 is 11.9 Å². The third kappa shape index (κ3) is 5.70. The van der Waals surface area contributed by atoms with Crippen molar-refractivity contribution in [3.05, 3.63) is 27.6 Å². The number of carbonyl (C=O) groups excluding carboxylic acids is 3. The average Bonchev–Trinajstić information content (AvgIpc) is 2.92. The summed E-state index contributed by atoms with van der Waals surface area (Å²) in [5, 5.41) is 2.89. The van der Waals surface area contributed by atoms with Crippen molar-refractivity contribution in [3.63, 3.8) is 0 Å². The Morgan fingerprint density at radius 3 is 2.04 bits per heavy atom. The van der Waals surface area contributed by atoms with Crippen LogP contribution in [0.15, 0.2) is 17.8 Å². The molecule has 0 aliphatic heterocycles. The van der Waals surface area contributed by atoms with Gasteiger partial charge in [-0.05, 0) is 25.3 Å². The number of thiophene rings is 1. The maximum atomic E-state index is 12.0. The normalized spacial score (nSPS) is 10.8. The number of hydrogen-bond acceptors (Lipinski definition) is 7. The third-order valence-corrected chi connectivity index (χ3v) is 4.82. The molecule has 1 rings (SSSR count). The van der Waals surface area contributed by atoms with Gasteiger partial charge < -0.3 is 14.8 Å². The monoisotopic (exact) mass is 367 g/mol. The largest absolute Gasteiger partial charge is 0.462 e. The Hall–Kier alpha value is -2.15. The molecular weight excluding hydrogens is 342 g/mol. The van der Waals surface area contributed by atoms with Gasteiger partial charge in [-0.2, -0.15) is 0 Å². The standard InChI is InChI=1S/C18H25NO5S/c1-7-23-16(21)12(17(22)24-8-2)10-19-13-9-14(18(4,5)6)25-15(13)11(3)20/h9-10,19H,7-8H2,1-6H3. The quantitative estimate of drug-likeness (QED) is 0.260. The molecule has 0 radical (unpaired) electrons. The van der Waals surface area contributed by atoms with Gasteiger partial charge in [0.25, 0.3) is 0 Å². The molecule has 0 unspecified atom stereocenters. The fraction of sp³-hybridized carbons (Fsp3) is 0.500. The summed E-state index contributed by atoms with van der Waals surface area (Å²) in [7, 11) is 0. The maximum absolute atomic E-state index is 12.0. The number of nitrogens with one attached hydrogen (secondary N) is 1. The molecule has 0 spiro atoms. The SMILES string of the molecule is CCOC(=O)C(=CNc1cc(C(C)(C)C)sc1C(C)=O)C(=O)OCC. The van der Waals surface area contributed by atoms with Crippen LogP contribution in [0.5, 0.6) is 0 Å². The van der Waals surface area contributed by atoms with E-state index in [1.54, 1.807) is 13.8 Å². The van der Waals surface area contributed by atoms with Crippen LogP contribution in [0.25, 0.3) is 0 Å². The van der Waals surface area contributed by atoms with E-state index in [0.717, 1.165) is 4.88 Å². The second kappa shape index (κ2) is 8.80. The Balaban J connectivity index is 3.21. The molecule has 0 bridgehead atoms. The van der Waals surface area contributed by atoms with Crippen LogP contribution < -0.4 is 5.32 Å². The van der Waals surface area contributed by atoms with Crippen molar-refractivity contribution in [3.8, 4) is 0 Å². The van der Waals surface area contributed by atoms with Crippen LogP contribution >= 0.6 is 11.3 Å². The summed E-state index contributed by atoms with van der Waals surface area (Å²) in [4.78, 5) is 37.4. The zero-order valence-corrected chi connectivity index (χ0v) is 16.3. The van der Waals surface area contributed by atoms with Crippen molar-refractivity contribution < 1.29 is 23.9 Å². The highest BCUT2D eigenvalue weighted by molar-refractivity contribution is 7.14. The summed E-state index contributed by atoms with van der Waals surface area (Å²) in [5.41, 5.74) is 0.180. The summed E-state index contributed by atoms with van der Waals surface area (Å²) < 4.78 is 9.77. The smallest absolute Gasteiger partial charge is 0.347 e. The second-order valence-electron chi connectivity index (χ2n) is 6.30. The van der Waals surface area contributed by atoms with Gasteiger partial charge in [-0.1, -0.05) is 20.8 Å². The van der Waals surface area contributed by atoms with Gasteiger partial charge in [0.1, 0.15) is 0 Å². The molecule has 1 N–H and O–H groups in total. The van der Waals surface area contributed by atoms with Crippen molar-refractivity contribution in [1.29, 1.82) is 0 Å². The molecule has 0 aliphatic rings. The summed E-state index contributed by atoms with van der Waals surface area (Å²) in [5.74, 6) is -1.64. The number of ether oxygens (including phenoxy) is 2. The Bertz CT molecular complexity index is 662. The van der Waals surface area contributed by atoms with E-state index in [2.05, 4.69) is 5.32 Å². The number of hydrogen-bond donors (Lipinski definition) is 1. The van der Waals surface area contributed by atoms with Crippen molar-refractivity contribution in [1.82, 2.24) is 0 Å². The van der Waals surface area contributed by atoms with Crippen molar-refractivity contribution in [2.45, 2.75) is 47.0 Å². The maximum Gasteiger partial charge on any atom is 0.347 e. The molecule has 7 heteroatoms. The molecule has 0 atom stereocenters. The molecule has 6 nitrogen and oxygen atoms in total. The molecular formula is C18H25NO5S. The van der Waals surface area contributed by atoms with Gasteiger partial charge in [-0.25, -0.2) is 9.59 Å². The number of ketones is 1. The van der Waals surface area contributed by atoms with E-state index >= 15 is 0 Å². The lowest BCUT2D eigenvalue weighted by atomic mass is 9.94. The zero-order chi connectivity index (χ0) is 19.2. The summed E-state index contributed by atoms with van der Waals surface area (Å²) in [6, 6.07) is 1.85. The van der Waals surface area contributed by atoms with Gasteiger partial charge in [0.15, 0.2) is 11.4 Å². The van der Waals surface area contributed by atoms with Crippen LogP contribution in [0.2, 0.25) is 0 Å². The number of anilines is 1. The third-order valence-electron chi connectivity index (χ3n) is 3.15. The highest BCUT2D eigenvalue weighted by Gasteiger charge is 2.23. The fourth-order valence-corrected chi connectivity index (χ4v) is 2.97. The van der Waals surface area contributed by atoms with Crippen molar-refractivity contribution >= 4 is 34.7 Å². The molecule has 0 aromatic carbocycles. The first-order valence-electron chi connectivity index (χ1n) is 8.08. The first-order chi connectivity index (χ1) is 11.6. The van der Waals surface area contributed by atoms with Gasteiger partial charge in [0, 0.05) is 18.0 Å². The molecule has 1 heterocycles. The van der Waals surface area contributed by atoms with Crippen LogP contribution in [0.4, 0.5) is 5.69 Å². The Kier molecular flexibility index (Phi) is 7.36. The lowest BCUT2D eigenvalue weighted by molar-refractivity contribution is -0.146. The van der Waals surface area contributed by atoms with E-state index in [9.17, 15) is 14.4 Å². The number of esters is 2. The summed E-state index contributed by atoms with van der Waals surface area (Å²) >= 11 is 1.39. The summed E-state index contributed by atoms with van der Waals surface area (Å²) in [6.07, 6.45) is 1.23. The second-order valence-corrected chi connectivity index (χ2v) is 7.36. The first kappa shape index (κ1) is 20.9. The Morgan fingerprint density at radius 2 is 1.64 bits per heavy atom. The molecule has 0 saturated carbocycles. The molecule has 1 aromatic heterocycles.